The van der Waals surface area contributed by atoms with Crippen LogP contribution in [0.5, 0.6) is 0 Å². The standard InChI is InChI=1S/C17H29N5O2/c1-19-5-3-6-20(9-8-19)10-15-11-21(12-16(15)14-23)17(24)13-22-7-2-4-18-22/h2,4,7,15-16,23H,3,5-6,8-14H2,1H3. The highest BCUT2D eigenvalue weighted by atomic mass is 16.3. The number of rotatable bonds is 5. The first-order valence-electron chi connectivity index (χ1n) is 8.92. The molecule has 2 fully saturated rings. The van der Waals surface area contributed by atoms with Crippen LogP contribution in [0.15, 0.2) is 18.5 Å². The van der Waals surface area contributed by atoms with Gasteiger partial charge in [0.1, 0.15) is 6.54 Å². The highest BCUT2D eigenvalue weighted by molar-refractivity contribution is 5.76. The number of aliphatic hydroxyl groups excluding tert-OH is 1. The monoisotopic (exact) mass is 335 g/mol. The summed E-state index contributed by atoms with van der Waals surface area (Å²) in [5.74, 6) is 0.641. The fourth-order valence-electron chi connectivity index (χ4n) is 3.80. The molecule has 7 nitrogen and oxygen atoms in total. The first-order valence-corrected chi connectivity index (χ1v) is 8.92. The Hall–Kier alpha value is -1.44. The minimum atomic E-state index is 0.0928. The molecule has 3 heterocycles. The van der Waals surface area contributed by atoms with Crippen LogP contribution in [0, 0.1) is 11.8 Å². The van der Waals surface area contributed by atoms with Gasteiger partial charge in [-0.1, -0.05) is 0 Å². The van der Waals surface area contributed by atoms with E-state index in [9.17, 15) is 9.90 Å². The molecule has 2 atom stereocenters. The third-order valence-corrected chi connectivity index (χ3v) is 5.32. The minimum absolute atomic E-state index is 0.0928. The molecule has 1 aromatic heterocycles. The molecule has 0 spiro atoms. The second kappa shape index (κ2) is 8.09. The smallest absolute Gasteiger partial charge is 0.244 e. The molecule has 0 bridgehead atoms. The van der Waals surface area contributed by atoms with Gasteiger partial charge in [-0.3, -0.25) is 9.48 Å². The van der Waals surface area contributed by atoms with E-state index in [4.69, 9.17) is 0 Å². The van der Waals surface area contributed by atoms with E-state index in [0.29, 0.717) is 12.5 Å². The van der Waals surface area contributed by atoms with Crippen molar-refractivity contribution in [3.8, 4) is 0 Å². The van der Waals surface area contributed by atoms with E-state index in [1.165, 1.54) is 6.42 Å². The van der Waals surface area contributed by atoms with Crippen LogP contribution >= 0.6 is 0 Å². The van der Waals surface area contributed by atoms with Gasteiger partial charge in [0.05, 0.1) is 0 Å². The van der Waals surface area contributed by atoms with Gasteiger partial charge in [-0.2, -0.15) is 5.10 Å². The molecule has 0 saturated carbocycles. The number of carbonyl (C=O) groups is 1. The molecule has 0 aliphatic carbocycles. The average Bonchev–Trinajstić information content (AvgIpc) is 3.17. The summed E-state index contributed by atoms with van der Waals surface area (Å²) in [4.78, 5) is 19.2. The summed E-state index contributed by atoms with van der Waals surface area (Å²) in [6, 6.07) is 1.83. The van der Waals surface area contributed by atoms with Crippen molar-refractivity contribution in [3.63, 3.8) is 0 Å². The van der Waals surface area contributed by atoms with Gasteiger partial charge in [-0.05, 0) is 38.5 Å². The predicted octanol–water partition coefficient (Wildman–Crippen LogP) is -0.412. The van der Waals surface area contributed by atoms with Gasteiger partial charge in [0.25, 0.3) is 0 Å². The predicted molar refractivity (Wildman–Crippen MR) is 91.4 cm³/mol. The zero-order valence-electron chi connectivity index (χ0n) is 14.5. The van der Waals surface area contributed by atoms with Crippen LogP contribution in [0.2, 0.25) is 0 Å². The second-order valence-electron chi connectivity index (χ2n) is 7.16. The van der Waals surface area contributed by atoms with Gasteiger partial charge in [-0.25, -0.2) is 0 Å². The molecule has 134 valence electrons. The van der Waals surface area contributed by atoms with Crippen molar-refractivity contribution in [1.82, 2.24) is 24.5 Å². The van der Waals surface area contributed by atoms with E-state index in [0.717, 1.165) is 39.3 Å². The number of likely N-dealkylation sites (tertiary alicyclic amines) is 1. The molecule has 3 rings (SSSR count). The van der Waals surface area contributed by atoms with E-state index in [2.05, 4.69) is 21.9 Å². The van der Waals surface area contributed by atoms with Gasteiger partial charge in [0.15, 0.2) is 0 Å². The molecular formula is C17H29N5O2. The summed E-state index contributed by atoms with van der Waals surface area (Å²) >= 11 is 0. The normalized spacial score (nSPS) is 26.7. The number of carbonyl (C=O) groups excluding carboxylic acids is 1. The van der Waals surface area contributed by atoms with Crippen LogP contribution in [0.1, 0.15) is 6.42 Å². The van der Waals surface area contributed by atoms with Gasteiger partial charge >= 0.3 is 0 Å². The maximum atomic E-state index is 12.5. The Labute approximate surface area is 143 Å². The fraction of sp³-hybridized carbons (Fsp3) is 0.765. The van der Waals surface area contributed by atoms with Crippen molar-refractivity contribution in [3.05, 3.63) is 18.5 Å². The quantitative estimate of drug-likeness (QED) is 0.792. The Kier molecular flexibility index (Phi) is 5.86. The Bertz CT molecular complexity index is 521. The number of amides is 1. The molecule has 2 aliphatic heterocycles. The molecule has 2 unspecified atom stereocenters. The zero-order chi connectivity index (χ0) is 16.9. The first-order chi connectivity index (χ1) is 11.7. The summed E-state index contributed by atoms with van der Waals surface area (Å²) < 4.78 is 1.66. The molecule has 2 saturated heterocycles. The molecule has 24 heavy (non-hydrogen) atoms. The lowest BCUT2D eigenvalue weighted by atomic mass is 9.96. The third-order valence-electron chi connectivity index (χ3n) is 5.32. The summed E-state index contributed by atoms with van der Waals surface area (Å²) in [5, 5.41) is 13.8. The van der Waals surface area contributed by atoms with Crippen molar-refractivity contribution >= 4 is 5.91 Å². The fourth-order valence-corrected chi connectivity index (χ4v) is 3.80. The van der Waals surface area contributed by atoms with Crippen LogP contribution in [-0.4, -0.2) is 95.0 Å². The summed E-state index contributed by atoms with van der Waals surface area (Å²) in [6.07, 6.45) is 4.69. The van der Waals surface area contributed by atoms with Gasteiger partial charge in [0, 0.05) is 57.6 Å². The van der Waals surface area contributed by atoms with E-state index >= 15 is 0 Å². The summed E-state index contributed by atoms with van der Waals surface area (Å²) in [5.41, 5.74) is 0. The summed E-state index contributed by atoms with van der Waals surface area (Å²) in [7, 11) is 2.17. The van der Waals surface area contributed by atoms with E-state index in [-0.39, 0.29) is 25.0 Å². The van der Waals surface area contributed by atoms with E-state index in [1.54, 1.807) is 10.9 Å². The number of nitrogens with zero attached hydrogens (tertiary/aromatic N) is 5. The van der Waals surface area contributed by atoms with Gasteiger partial charge in [-0.15, -0.1) is 0 Å². The Morgan fingerprint density at radius 1 is 1.21 bits per heavy atom. The molecule has 0 radical (unpaired) electrons. The van der Waals surface area contributed by atoms with Gasteiger partial charge in [0.2, 0.25) is 5.91 Å². The molecule has 0 aromatic carbocycles. The largest absolute Gasteiger partial charge is 0.396 e. The molecule has 7 heteroatoms. The van der Waals surface area contributed by atoms with Crippen LogP contribution in [0.4, 0.5) is 0 Å². The lowest BCUT2D eigenvalue weighted by Gasteiger charge is -2.26. The minimum Gasteiger partial charge on any atom is -0.396 e. The molecular weight excluding hydrogens is 306 g/mol. The van der Waals surface area contributed by atoms with Crippen LogP contribution < -0.4 is 0 Å². The Morgan fingerprint density at radius 3 is 2.79 bits per heavy atom. The second-order valence-corrected chi connectivity index (χ2v) is 7.16. The van der Waals surface area contributed by atoms with Gasteiger partial charge < -0.3 is 19.8 Å². The van der Waals surface area contributed by atoms with Crippen LogP contribution in [0.3, 0.4) is 0 Å². The molecule has 1 amide bonds. The number of hydrogen-bond acceptors (Lipinski definition) is 5. The maximum Gasteiger partial charge on any atom is 0.244 e. The lowest BCUT2D eigenvalue weighted by molar-refractivity contribution is -0.131. The number of aromatic nitrogens is 2. The summed E-state index contributed by atoms with van der Waals surface area (Å²) in [6.45, 7) is 7.26. The maximum absolute atomic E-state index is 12.5. The number of hydrogen-bond donors (Lipinski definition) is 1. The Balaban J connectivity index is 1.54. The highest BCUT2D eigenvalue weighted by Crippen LogP contribution is 2.25. The van der Waals surface area contributed by atoms with Crippen molar-refractivity contribution in [2.75, 3.05) is 59.5 Å². The van der Waals surface area contributed by atoms with Crippen molar-refractivity contribution in [2.45, 2.75) is 13.0 Å². The number of likely N-dealkylation sites (N-methyl/N-ethyl adjacent to an activating group) is 1. The first kappa shape index (κ1) is 17.4. The molecule has 1 N–H and O–H groups in total. The third kappa shape index (κ3) is 4.34. The molecule has 2 aliphatic rings. The van der Waals surface area contributed by atoms with Crippen molar-refractivity contribution < 1.29 is 9.90 Å². The van der Waals surface area contributed by atoms with E-state index in [1.807, 2.05) is 17.2 Å². The number of aliphatic hydroxyl groups is 1. The molecule has 1 aromatic rings. The van der Waals surface area contributed by atoms with E-state index < -0.39 is 0 Å². The Morgan fingerprint density at radius 2 is 2.04 bits per heavy atom. The van der Waals surface area contributed by atoms with Crippen LogP contribution in [-0.2, 0) is 11.3 Å². The topological polar surface area (TPSA) is 64.8 Å². The lowest BCUT2D eigenvalue weighted by Crippen LogP contribution is -2.37. The zero-order valence-corrected chi connectivity index (χ0v) is 14.5. The SMILES string of the molecule is CN1CCCN(CC2CN(C(=O)Cn3cccn3)CC2CO)CC1. The van der Waals surface area contributed by atoms with Crippen molar-refractivity contribution in [2.24, 2.45) is 11.8 Å². The van der Waals surface area contributed by atoms with Crippen LogP contribution in [0.25, 0.3) is 0 Å². The van der Waals surface area contributed by atoms with Crippen molar-refractivity contribution in [1.29, 1.82) is 0 Å². The average molecular weight is 335 g/mol. The highest BCUT2D eigenvalue weighted by Gasteiger charge is 2.35.